The van der Waals surface area contributed by atoms with E-state index in [0.717, 1.165) is 25.2 Å². The number of aryl methyl sites for hydroxylation is 1. The fourth-order valence-corrected chi connectivity index (χ4v) is 2.72. The molecular formula is C16H24N4O3. The van der Waals surface area contributed by atoms with E-state index in [2.05, 4.69) is 17.1 Å². The number of benzene rings is 1. The van der Waals surface area contributed by atoms with Gasteiger partial charge in [0.05, 0.1) is 11.0 Å². The lowest BCUT2D eigenvalue weighted by Gasteiger charge is -2.34. The molecule has 1 aliphatic rings. The lowest BCUT2D eigenvalue weighted by atomic mass is 10.0. The van der Waals surface area contributed by atoms with Gasteiger partial charge in [-0.15, -0.1) is 0 Å². The predicted octanol–water partition coefficient (Wildman–Crippen LogP) is 2.31. The normalized spacial score (nSPS) is 16.9. The number of piperazine rings is 1. The second-order valence-corrected chi connectivity index (χ2v) is 5.90. The van der Waals surface area contributed by atoms with E-state index in [1.807, 2.05) is 13.0 Å². The molecule has 1 aliphatic heterocycles. The summed E-state index contributed by atoms with van der Waals surface area (Å²) in [5.74, 6) is 0. The summed E-state index contributed by atoms with van der Waals surface area (Å²) in [5.41, 5.74) is 1.44. The van der Waals surface area contributed by atoms with Crippen molar-refractivity contribution in [2.45, 2.75) is 26.8 Å². The standard InChI is InChI=1S/C16H24N4O3/c1-4-18-7-9-19(10-8-18)16(21)17-13(3)14-6-5-12(2)15(11-14)20(22)23/h5-6,11,13H,4,7-10H2,1-3H3,(H,17,21). The lowest BCUT2D eigenvalue weighted by Crippen LogP contribution is -2.51. The van der Waals surface area contributed by atoms with Crippen molar-refractivity contribution in [2.75, 3.05) is 32.7 Å². The number of hydrogen-bond acceptors (Lipinski definition) is 4. The van der Waals surface area contributed by atoms with E-state index in [1.165, 1.54) is 6.07 Å². The fourth-order valence-electron chi connectivity index (χ4n) is 2.72. The molecule has 0 aliphatic carbocycles. The van der Waals surface area contributed by atoms with E-state index >= 15 is 0 Å². The molecule has 0 radical (unpaired) electrons. The molecule has 0 saturated carbocycles. The maximum Gasteiger partial charge on any atom is 0.317 e. The van der Waals surface area contributed by atoms with Gasteiger partial charge in [-0.2, -0.15) is 0 Å². The molecule has 7 heteroatoms. The van der Waals surface area contributed by atoms with Crippen LogP contribution < -0.4 is 5.32 Å². The predicted molar refractivity (Wildman–Crippen MR) is 88.5 cm³/mol. The molecule has 0 aromatic heterocycles. The zero-order chi connectivity index (χ0) is 17.0. The molecule has 126 valence electrons. The van der Waals surface area contributed by atoms with Gasteiger partial charge in [-0.1, -0.05) is 19.1 Å². The Morgan fingerprint density at radius 3 is 2.57 bits per heavy atom. The van der Waals surface area contributed by atoms with E-state index in [4.69, 9.17) is 0 Å². The van der Waals surface area contributed by atoms with E-state index in [9.17, 15) is 14.9 Å². The molecule has 2 amide bonds. The molecule has 1 unspecified atom stereocenters. The van der Waals surface area contributed by atoms with Crippen LogP contribution in [-0.2, 0) is 0 Å². The van der Waals surface area contributed by atoms with Crippen molar-refractivity contribution in [1.82, 2.24) is 15.1 Å². The van der Waals surface area contributed by atoms with Gasteiger partial charge in [0, 0.05) is 37.8 Å². The minimum Gasteiger partial charge on any atom is -0.331 e. The number of hydrogen-bond donors (Lipinski definition) is 1. The Bertz CT molecular complexity index is 583. The topological polar surface area (TPSA) is 78.7 Å². The number of nitrogens with zero attached hydrogens (tertiary/aromatic N) is 3. The largest absolute Gasteiger partial charge is 0.331 e. The molecule has 1 aromatic carbocycles. The highest BCUT2D eigenvalue weighted by atomic mass is 16.6. The fraction of sp³-hybridized carbons (Fsp3) is 0.562. The number of likely N-dealkylation sites (N-methyl/N-ethyl adjacent to an activating group) is 1. The average molecular weight is 320 g/mol. The number of urea groups is 1. The number of nitro groups is 1. The first-order valence-corrected chi connectivity index (χ1v) is 7.95. The molecule has 23 heavy (non-hydrogen) atoms. The third-order valence-electron chi connectivity index (χ3n) is 4.38. The number of carbonyl (C=O) groups excluding carboxylic acids is 1. The summed E-state index contributed by atoms with van der Waals surface area (Å²) in [7, 11) is 0. The van der Waals surface area contributed by atoms with E-state index in [-0.39, 0.29) is 17.8 Å². The molecule has 0 bridgehead atoms. The van der Waals surface area contributed by atoms with Gasteiger partial charge < -0.3 is 15.1 Å². The Labute approximate surface area is 136 Å². The van der Waals surface area contributed by atoms with Crippen molar-refractivity contribution < 1.29 is 9.72 Å². The van der Waals surface area contributed by atoms with Gasteiger partial charge in [0.15, 0.2) is 0 Å². The Balaban J connectivity index is 1.99. The molecule has 1 N–H and O–H groups in total. The van der Waals surface area contributed by atoms with Gasteiger partial charge in [-0.25, -0.2) is 4.79 Å². The SMILES string of the molecule is CCN1CCN(C(=O)NC(C)c2ccc(C)c([N+](=O)[O-])c2)CC1. The smallest absolute Gasteiger partial charge is 0.317 e. The van der Waals surface area contributed by atoms with Crippen molar-refractivity contribution in [1.29, 1.82) is 0 Å². The second-order valence-electron chi connectivity index (χ2n) is 5.90. The highest BCUT2D eigenvalue weighted by Crippen LogP contribution is 2.23. The maximum absolute atomic E-state index is 12.3. The van der Waals surface area contributed by atoms with E-state index in [1.54, 1.807) is 17.9 Å². The summed E-state index contributed by atoms with van der Waals surface area (Å²) >= 11 is 0. The number of nitrogens with one attached hydrogen (secondary N) is 1. The van der Waals surface area contributed by atoms with Crippen molar-refractivity contribution in [3.63, 3.8) is 0 Å². The lowest BCUT2D eigenvalue weighted by molar-refractivity contribution is -0.385. The molecule has 7 nitrogen and oxygen atoms in total. The van der Waals surface area contributed by atoms with Crippen molar-refractivity contribution in [3.05, 3.63) is 39.4 Å². The maximum atomic E-state index is 12.3. The molecule has 0 spiro atoms. The van der Waals surface area contributed by atoms with Crippen LogP contribution in [0.15, 0.2) is 18.2 Å². The number of carbonyl (C=O) groups is 1. The van der Waals surface area contributed by atoms with Gasteiger partial charge in [-0.05, 0) is 26.0 Å². The van der Waals surface area contributed by atoms with E-state index < -0.39 is 4.92 Å². The van der Waals surface area contributed by atoms with Crippen LogP contribution in [0.4, 0.5) is 10.5 Å². The first kappa shape index (κ1) is 17.2. The van der Waals surface area contributed by atoms with Crippen molar-refractivity contribution in [3.8, 4) is 0 Å². The summed E-state index contributed by atoms with van der Waals surface area (Å²) in [4.78, 5) is 27.1. The summed E-state index contributed by atoms with van der Waals surface area (Å²) in [6.07, 6.45) is 0. The van der Waals surface area contributed by atoms with Crippen LogP contribution in [0.2, 0.25) is 0 Å². The minimum absolute atomic E-state index is 0.0835. The van der Waals surface area contributed by atoms with Gasteiger partial charge in [-0.3, -0.25) is 10.1 Å². The summed E-state index contributed by atoms with van der Waals surface area (Å²) in [5, 5.41) is 14.0. The van der Waals surface area contributed by atoms with Crippen LogP contribution in [0.5, 0.6) is 0 Å². The first-order chi connectivity index (χ1) is 10.9. The third-order valence-corrected chi connectivity index (χ3v) is 4.38. The highest BCUT2D eigenvalue weighted by Gasteiger charge is 2.22. The molecule has 1 atom stereocenters. The average Bonchev–Trinajstić information content (AvgIpc) is 2.54. The Hall–Kier alpha value is -2.15. The number of amides is 2. The van der Waals surface area contributed by atoms with Crippen LogP contribution in [0, 0.1) is 17.0 Å². The Morgan fingerprint density at radius 1 is 1.35 bits per heavy atom. The zero-order valence-electron chi connectivity index (χ0n) is 13.9. The van der Waals surface area contributed by atoms with Crippen molar-refractivity contribution >= 4 is 11.7 Å². The van der Waals surface area contributed by atoms with Gasteiger partial charge in [0.2, 0.25) is 0 Å². The molecular weight excluding hydrogens is 296 g/mol. The van der Waals surface area contributed by atoms with Gasteiger partial charge >= 0.3 is 6.03 Å². The van der Waals surface area contributed by atoms with Crippen LogP contribution in [0.1, 0.15) is 31.0 Å². The molecule has 1 saturated heterocycles. The quantitative estimate of drug-likeness (QED) is 0.682. The van der Waals surface area contributed by atoms with Crippen LogP contribution >= 0.6 is 0 Å². The second kappa shape index (κ2) is 7.41. The molecule has 1 fully saturated rings. The first-order valence-electron chi connectivity index (χ1n) is 7.95. The molecule has 1 aromatic rings. The number of nitro benzene ring substituents is 1. The highest BCUT2D eigenvalue weighted by molar-refractivity contribution is 5.74. The molecule has 1 heterocycles. The summed E-state index contributed by atoms with van der Waals surface area (Å²) in [6, 6.07) is 4.69. The van der Waals surface area contributed by atoms with E-state index in [0.29, 0.717) is 18.7 Å². The van der Waals surface area contributed by atoms with Crippen LogP contribution in [0.25, 0.3) is 0 Å². The van der Waals surface area contributed by atoms with Gasteiger partial charge in [0.25, 0.3) is 5.69 Å². The van der Waals surface area contributed by atoms with Crippen LogP contribution in [-0.4, -0.2) is 53.5 Å². The third kappa shape index (κ3) is 4.19. The number of rotatable bonds is 4. The van der Waals surface area contributed by atoms with Crippen LogP contribution in [0.3, 0.4) is 0 Å². The Kier molecular flexibility index (Phi) is 5.54. The molecule has 2 rings (SSSR count). The summed E-state index contributed by atoms with van der Waals surface area (Å²) < 4.78 is 0. The zero-order valence-corrected chi connectivity index (χ0v) is 13.9. The Morgan fingerprint density at radius 2 is 2.00 bits per heavy atom. The minimum atomic E-state index is -0.392. The monoisotopic (exact) mass is 320 g/mol. The van der Waals surface area contributed by atoms with Crippen molar-refractivity contribution in [2.24, 2.45) is 0 Å². The van der Waals surface area contributed by atoms with Gasteiger partial charge in [0.1, 0.15) is 0 Å². The summed E-state index contributed by atoms with van der Waals surface area (Å²) in [6.45, 7) is 9.84.